The Bertz CT molecular complexity index is 739. The number of nitrogens with zero attached hydrogens (tertiary/aromatic N) is 4. The van der Waals surface area contributed by atoms with E-state index in [0.717, 1.165) is 37.3 Å². The van der Waals surface area contributed by atoms with E-state index >= 15 is 0 Å². The number of amides is 1. The predicted molar refractivity (Wildman–Crippen MR) is 96.2 cm³/mol. The van der Waals surface area contributed by atoms with Crippen molar-refractivity contribution in [2.45, 2.75) is 33.2 Å². The minimum atomic E-state index is -0.0421. The van der Waals surface area contributed by atoms with Gasteiger partial charge in [-0.1, -0.05) is 13.8 Å². The van der Waals surface area contributed by atoms with Crippen LogP contribution in [-0.4, -0.2) is 58.4 Å². The van der Waals surface area contributed by atoms with E-state index in [9.17, 15) is 4.79 Å². The zero-order chi connectivity index (χ0) is 18.0. The minimum absolute atomic E-state index is 0.0421. The van der Waals surface area contributed by atoms with Gasteiger partial charge in [-0.3, -0.25) is 9.78 Å². The number of hydrogen-bond donors (Lipinski definition) is 0. The van der Waals surface area contributed by atoms with Gasteiger partial charge in [0.2, 0.25) is 5.89 Å². The van der Waals surface area contributed by atoms with E-state index in [1.54, 1.807) is 6.20 Å². The van der Waals surface area contributed by atoms with Crippen LogP contribution in [0.1, 0.15) is 36.5 Å². The van der Waals surface area contributed by atoms with Crippen LogP contribution in [0.25, 0.3) is 11.5 Å². The number of pyridine rings is 1. The molecule has 0 N–H and O–H groups in total. The van der Waals surface area contributed by atoms with E-state index in [1.165, 1.54) is 6.26 Å². The van der Waals surface area contributed by atoms with Crippen LogP contribution >= 0.6 is 0 Å². The number of aromatic nitrogens is 2. The third-order valence-electron chi connectivity index (χ3n) is 4.56. The van der Waals surface area contributed by atoms with Crippen LogP contribution in [0.2, 0.25) is 0 Å². The first-order valence-electron chi connectivity index (χ1n) is 8.82. The molecule has 1 saturated heterocycles. The van der Waals surface area contributed by atoms with Gasteiger partial charge in [-0.2, -0.15) is 0 Å². The fourth-order valence-corrected chi connectivity index (χ4v) is 3.35. The summed E-state index contributed by atoms with van der Waals surface area (Å²) in [6, 6.07) is 3.96. The first-order chi connectivity index (χ1) is 11.9. The maximum absolute atomic E-state index is 13.0. The van der Waals surface area contributed by atoms with Crippen LogP contribution in [0.15, 0.2) is 29.0 Å². The van der Waals surface area contributed by atoms with Crippen molar-refractivity contribution in [2.24, 2.45) is 5.92 Å². The molecule has 0 spiro atoms. The Labute approximate surface area is 148 Å². The topological polar surface area (TPSA) is 62.5 Å². The van der Waals surface area contributed by atoms with Crippen molar-refractivity contribution in [3.63, 3.8) is 0 Å². The Kier molecular flexibility index (Phi) is 5.18. The number of piperazine rings is 1. The van der Waals surface area contributed by atoms with Crippen molar-refractivity contribution in [1.82, 2.24) is 19.8 Å². The molecule has 134 valence electrons. The Morgan fingerprint density at radius 3 is 2.92 bits per heavy atom. The van der Waals surface area contributed by atoms with Crippen molar-refractivity contribution in [3.8, 4) is 11.5 Å². The van der Waals surface area contributed by atoms with Crippen molar-refractivity contribution >= 4 is 5.91 Å². The Balaban J connectivity index is 1.80. The van der Waals surface area contributed by atoms with Gasteiger partial charge in [-0.25, -0.2) is 4.98 Å². The van der Waals surface area contributed by atoms with E-state index in [0.29, 0.717) is 17.5 Å². The molecule has 0 saturated carbocycles. The van der Waals surface area contributed by atoms with Crippen LogP contribution in [0.4, 0.5) is 0 Å². The molecule has 1 amide bonds. The molecule has 1 aliphatic heterocycles. The number of likely N-dealkylation sites (N-methyl/N-ethyl adjacent to an activating group) is 1. The fourth-order valence-electron chi connectivity index (χ4n) is 3.35. The Hall–Kier alpha value is -2.21. The van der Waals surface area contributed by atoms with Gasteiger partial charge in [0, 0.05) is 43.1 Å². The first-order valence-corrected chi connectivity index (χ1v) is 8.82. The summed E-state index contributed by atoms with van der Waals surface area (Å²) in [5, 5.41) is 0. The number of carbonyl (C=O) groups is 1. The van der Waals surface area contributed by atoms with Crippen molar-refractivity contribution in [3.05, 3.63) is 36.0 Å². The lowest BCUT2D eigenvalue weighted by Gasteiger charge is -2.40. The lowest BCUT2D eigenvalue weighted by molar-refractivity contribution is 0.0454. The quantitative estimate of drug-likeness (QED) is 0.855. The zero-order valence-electron chi connectivity index (χ0n) is 15.4. The van der Waals surface area contributed by atoms with Gasteiger partial charge in [-0.05, 0) is 38.4 Å². The lowest BCUT2D eigenvalue weighted by Crippen LogP contribution is -2.54. The smallest absolute Gasteiger partial charge is 0.276 e. The molecule has 0 aromatic carbocycles. The second-order valence-corrected chi connectivity index (χ2v) is 7.27. The highest BCUT2D eigenvalue weighted by Crippen LogP contribution is 2.22. The highest BCUT2D eigenvalue weighted by molar-refractivity contribution is 5.92. The lowest BCUT2D eigenvalue weighted by atomic mass is 10.00. The molecule has 6 nitrogen and oxygen atoms in total. The van der Waals surface area contributed by atoms with Gasteiger partial charge in [0.05, 0.1) is 0 Å². The number of rotatable bonds is 4. The van der Waals surface area contributed by atoms with E-state index in [-0.39, 0.29) is 11.9 Å². The normalized spacial score (nSPS) is 18.8. The van der Waals surface area contributed by atoms with Crippen LogP contribution in [0.5, 0.6) is 0 Å². The van der Waals surface area contributed by atoms with E-state index in [2.05, 4.69) is 35.8 Å². The molecule has 1 unspecified atom stereocenters. The van der Waals surface area contributed by atoms with Crippen LogP contribution in [-0.2, 0) is 0 Å². The highest BCUT2D eigenvalue weighted by atomic mass is 16.3. The predicted octanol–water partition coefficient (Wildman–Crippen LogP) is 2.85. The van der Waals surface area contributed by atoms with Crippen LogP contribution in [0, 0.1) is 12.8 Å². The molecule has 3 rings (SSSR count). The average molecular weight is 342 g/mol. The standard InChI is InChI=1S/C19H26N4O2/c1-13(2)9-16-11-22(4)7-8-23(16)19(24)17-12-25-18(21-17)15-5-6-20-14(3)10-15/h5-6,10,12-13,16H,7-9,11H2,1-4H3. The highest BCUT2D eigenvalue weighted by Gasteiger charge is 2.31. The summed E-state index contributed by atoms with van der Waals surface area (Å²) in [5.41, 5.74) is 2.10. The Morgan fingerprint density at radius 1 is 1.40 bits per heavy atom. The zero-order valence-corrected chi connectivity index (χ0v) is 15.4. The second-order valence-electron chi connectivity index (χ2n) is 7.27. The molecular formula is C19H26N4O2. The van der Waals surface area contributed by atoms with Crippen molar-refractivity contribution in [2.75, 3.05) is 26.7 Å². The van der Waals surface area contributed by atoms with Gasteiger partial charge in [0.25, 0.3) is 5.91 Å². The van der Waals surface area contributed by atoms with Gasteiger partial charge in [0.1, 0.15) is 6.26 Å². The minimum Gasteiger partial charge on any atom is -0.444 e. The summed E-state index contributed by atoms with van der Waals surface area (Å²) in [4.78, 5) is 25.8. The summed E-state index contributed by atoms with van der Waals surface area (Å²) in [7, 11) is 2.11. The summed E-state index contributed by atoms with van der Waals surface area (Å²) in [6.45, 7) is 8.81. The second kappa shape index (κ2) is 7.35. The molecule has 0 radical (unpaired) electrons. The molecule has 0 bridgehead atoms. The van der Waals surface area contributed by atoms with E-state index in [4.69, 9.17) is 4.42 Å². The molecule has 2 aromatic heterocycles. The Morgan fingerprint density at radius 2 is 2.20 bits per heavy atom. The van der Waals surface area contributed by atoms with Crippen LogP contribution < -0.4 is 0 Å². The molecule has 3 heterocycles. The number of aryl methyl sites for hydroxylation is 1. The maximum Gasteiger partial charge on any atom is 0.276 e. The maximum atomic E-state index is 13.0. The number of carbonyl (C=O) groups excluding carboxylic acids is 1. The first kappa shape index (κ1) is 17.6. The molecule has 1 atom stereocenters. The van der Waals surface area contributed by atoms with Gasteiger partial charge in [0.15, 0.2) is 5.69 Å². The SMILES string of the molecule is Cc1cc(-c2nc(C(=O)N3CCN(C)CC3CC(C)C)co2)ccn1. The molecule has 0 aliphatic carbocycles. The van der Waals surface area contributed by atoms with Gasteiger partial charge in [-0.15, -0.1) is 0 Å². The molecule has 2 aromatic rings. The summed E-state index contributed by atoms with van der Waals surface area (Å²) >= 11 is 0. The average Bonchev–Trinajstić information content (AvgIpc) is 3.04. The molecule has 25 heavy (non-hydrogen) atoms. The summed E-state index contributed by atoms with van der Waals surface area (Å²) < 4.78 is 5.56. The van der Waals surface area contributed by atoms with Crippen molar-refractivity contribution in [1.29, 1.82) is 0 Å². The molecule has 1 fully saturated rings. The van der Waals surface area contributed by atoms with Crippen molar-refractivity contribution < 1.29 is 9.21 Å². The summed E-state index contributed by atoms with van der Waals surface area (Å²) in [5.74, 6) is 0.961. The molecule has 6 heteroatoms. The van der Waals surface area contributed by atoms with Gasteiger partial charge >= 0.3 is 0 Å². The van der Waals surface area contributed by atoms with E-state index in [1.807, 2.05) is 24.0 Å². The monoisotopic (exact) mass is 342 g/mol. The number of hydrogen-bond acceptors (Lipinski definition) is 5. The molecule has 1 aliphatic rings. The summed E-state index contributed by atoms with van der Waals surface area (Å²) in [6.07, 6.45) is 4.18. The van der Waals surface area contributed by atoms with Crippen LogP contribution in [0.3, 0.4) is 0 Å². The number of oxazole rings is 1. The van der Waals surface area contributed by atoms with E-state index < -0.39 is 0 Å². The largest absolute Gasteiger partial charge is 0.444 e. The third kappa shape index (κ3) is 4.07. The third-order valence-corrected chi connectivity index (χ3v) is 4.56. The molecular weight excluding hydrogens is 316 g/mol. The van der Waals surface area contributed by atoms with Gasteiger partial charge < -0.3 is 14.2 Å². The fraction of sp³-hybridized carbons (Fsp3) is 0.526.